The van der Waals surface area contributed by atoms with E-state index < -0.39 is 35.3 Å². The molecule has 1 amide bonds. The van der Waals surface area contributed by atoms with Crippen molar-refractivity contribution in [3.63, 3.8) is 0 Å². The van der Waals surface area contributed by atoms with Crippen LogP contribution in [-0.4, -0.2) is 43.2 Å². The van der Waals surface area contributed by atoms with Gasteiger partial charge in [0, 0.05) is 26.2 Å². The lowest BCUT2D eigenvalue weighted by atomic mass is 9.91. The molecule has 0 aliphatic heterocycles. The second-order valence-electron chi connectivity index (χ2n) is 9.22. The van der Waals surface area contributed by atoms with Gasteiger partial charge in [-0.3, -0.25) is 4.79 Å². The minimum atomic E-state index is -5.03. The number of aliphatic hydroxyl groups excluding tert-OH is 1. The number of benzene rings is 2. The van der Waals surface area contributed by atoms with E-state index in [9.17, 15) is 36.2 Å². The first-order valence-corrected chi connectivity index (χ1v) is 12.1. The third kappa shape index (κ3) is 6.70. The van der Waals surface area contributed by atoms with Crippen molar-refractivity contribution in [3.05, 3.63) is 77.0 Å². The van der Waals surface area contributed by atoms with Crippen molar-refractivity contribution < 1.29 is 36.2 Å². The number of nitrogens with zero attached hydrogens (tertiary/aromatic N) is 3. The molecule has 1 unspecified atom stereocenters. The summed E-state index contributed by atoms with van der Waals surface area (Å²) < 4.78 is 80.8. The Morgan fingerprint density at radius 3 is 2.05 bits per heavy atom. The van der Waals surface area contributed by atoms with E-state index >= 15 is 0 Å². The molecule has 0 bridgehead atoms. The molecule has 0 spiro atoms. The predicted molar refractivity (Wildman–Crippen MR) is 138 cm³/mol. The summed E-state index contributed by atoms with van der Waals surface area (Å²) in [7, 11) is 3.15. The molecule has 0 aliphatic rings. The number of aliphatic hydroxyl groups is 1. The fourth-order valence-electron chi connectivity index (χ4n) is 4.35. The molecule has 39 heavy (non-hydrogen) atoms. The molecule has 1 heterocycles. The average Bonchev–Trinajstić information content (AvgIpc) is 2.87. The van der Waals surface area contributed by atoms with Crippen LogP contribution in [0.1, 0.15) is 41.5 Å². The fourth-order valence-corrected chi connectivity index (χ4v) is 4.35. The van der Waals surface area contributed by atoms with Crippen LogP contribution in [0.4, 0.5) is 37.8 Å². The molecule has 5 nitrogen and oxygen atoms in total. The number of hydrogen-bond acceptors (Lipinski definition) is 4. The number of likely N-dealkylation sites (N-methyl/N-ethyl adjacent to an activating group) is 2. The Labute approximate surface area is 222 Å². The summed E-state index contributed by atoms with van der Waals surface area (Å²) in [6, 6.07) is 10.3. The number of pyridine rings is 1. The zero-order valence-electron chi connectivity index (χ0n) is 21.9. The smallest absolute Gasteiger partial charge is 0.395 e. The summed E-state index contributed by atoms with van der Waals surface area (Å²) >= 11 is 0. The molecule has 11 heteroatoms. The Morgan fingerprint density at radius 2 is 1.54 bits per heavy atom. The maximum atomic E-state index is 13.7. The number of hydrogen-bond donors (Lipinski definition) is 1. The highest BCUT2D eigenvalue weighted by atomic mass is 19.4. The van der Waals surface area contributed by atoms with Crippen molar-refractivity contribution in [1.82, 2.24) is 4.98 Å². The monoisotopic (exact) mass is 553 g/mol. The van der Waals surface area contributed by atoms with Gasteiger partial charge in [0.15, 0.2) is 0 Å². The summed E-state index contributed by atoms with van der Waals surface area (Å²) in [5, 5.41) is 9.32. The van der Waals surface area contributed by atoms with Crippen LogP contribution in [0.25, 0.3) is 11.1 Å². The van der Waals surface area contributed by atoms with E-state index in [1.54, 1.807) is 18.0 Å². The molecule has 1 atom stereocenters. The average molecular weight is 554 g/mol. The first kappa shape index (κ1) is 29.9. The van der Waals surface area contributed by atoms with Crippen molar-refractivity contribution in [2.45, 2.75) is 38.5 Å². The van der Waals surface area contributed by atoms with Gasteiger partial charge in [0.25, 0.3) is 0 Å². The minimum absolute atomic E-state index is 0.0355. The molecule has 0 fully saturated rings. The number of alkyl halides is 6. The normalized spacial score (nSPS) is 12.8. The van der Waals surface area contributed by atoms with E-state index in [0.29, 0.717) is 35.7 Å². The number of aryl methyl sites for hydroxylation is 1. The highest BCUT2D eigenvalue weighted by Gasteiger charge is 2.38. The summed E-state index contributed by atoms with van der Waals surface area (Å²) in [4.78, 5) is 21.0. The molecule has 0 aliphatic carbocycles. The molecule has 1 N–H and O–H groups in total. The number of halogens is 6. The van der Waals surface area contributed by atoms with Gasteiger partial charge in [-0.2, -0.15) is 26.3 Å². The maximum absolute atomic E-state index is 13.7. The van der Waals surface area contributed by atoms with E-state index in [0.717, 1.165) is 11.1 Å². The van der Waals surface area contributed by atoms with Crippen molar-refractivity contribution >= 4 is 17.4 Å². The van der Waals surface area contributed by atoms with Crippen LogP contribution in [0.15, 0.2) is 54.7 Å². The third-order valence-corrected chi connectivity index (χ3v) is 6.54. The number of amides is 1. The van der Waals surface area contributed by atoms with Gasteiger partial charge >= 0.3 is 12.4 Å². The van der Waals surface area contributed by atoms with Gasteiger partial charge in [0.1, 0.15) is 5.82 Å². The Balaban J connectivity index is 2.13. The van der Waals surface area contributed by atoms with E-state index in [2.05, 4.69) is 4.98 Å². The van der Waals surface area contributed by atoms with Gasteiger partial charge in [-0.1, -0.05) is 31.2 Å². The van der Waals surface area contributed by atoms with Crippen LogP contribution in [0.2, 0.25) is 0 Å². The van der Waals surface area contributed by atoms with Crippen LogP contribution in [0.3, 0.4) is 0 Å². The number of aromatic nitrogens is 1. The quantitative estimate of drug-likeness (QED) is 0.316. The zero-order chi connectivity index (χ0) is 29.1. The van der Waals surface area contributed by atoms with Crippen molar-refractivity contribution in [3.8, 4) is 11.1 Å². The SMILES string of the molecule is CCC(C(=O)N(C)c1cnc(N(C)CCO)cc1-c1ccccc1C)c1cc(C(F)(F)F)cc(C(F)(F)F)c1. The van der Waals surface area contributed by atoms with Gasteiger partial charge in [-0.05, 0) is 54.3 Å². The molecule has 0 saturated heterocycles. The predicted octanol–water partition coefficient (Wildman–Crippen LogP) is 6.68. The van der Waals surface area contributed by atoms with Gasteiger partial charge in [-0.15, -0.1) is 0 Å². The maximum Gasteiger partial charge on any atom is 0.416 e. The summed E-state index contributed by atoms with van der Waals surface area (Å²) in [5.41, 5.74) is -0.757. The highest BCUT2D eigenvalue weighted by Crippen LogP contribution is 2.40. The topological polar surface area (TPSA) is 56.7 Å². The van der Waals surface area contributed by atoms with Crippen LogP contribution < -0.4 is 9.80 Å². The first-order chi connectivity index (χ1) is 18.2. The lowest BCUT2D eigenvalue weighted by molar-refractivity contribution is -0.143. The number of carbonyl (C=O) groups excluding carboxylic acids is 1. The Hall–Kier alpha value is -3.60. The van der Waals surface area contributed by atoms with Crippen molar-refractivity contribution in [2.24, 2.45) is 0 Å². The summed E-state index contributed by atoms with van der Waals surface area (Å²) in [6.07, 6.45) is -8.65. The molecule has 0 radical (unpaired) electrons. The van der Waals surface area contributed by atoms with Crippen molar-refractivity contribution in [1.29, 1.82) is 0 Å². The first-order valence-electron chi connectivity index (χ1n) is 12.1. The van der Waals surface area contributed by atoms with E-state index in [1.165, 1.54) is 25.1 Å². The van der Waals surface area contributed by atoms with Gasteiger partial charge in [-0.25, -0.2) is 4.98 Å². The Bertz CT molecular complexity index is 1290. The summed E-state index contributed by atoms with van der Waals surface area (Å²) in [6.45, 7) is 3.57. The number of anilines is 2. The Kier molecular flexibility index (Phi) is 8.94. The number of rotatable bonds is 8. The molecular weight excluding hydrogens is 524 g/mol. The van der Waals surface area contributed by atoms with E-state index in [1.807, 2.05) is 31.2 Å². The van der Waals surface area contributed by atoms with Crippen molar-refractivity contribution in [2.75, 3.05) is 37.0 Å². The second-order valence-corrected chi connectivity index (χ2v) is 9.22. The van der Waals surface area contributed by atoms with Gasteiger partial charge in [0.05, 0.1) is 35.5 Å². The largest absolute Gasteiger partial charge is 0.416 e. The summed E-state index contributed by atoms with van der Waals surface area (Å²) in [5.74, 6) is -1.45. The zero-order valence-corrected chi connectivity index (χ0v) is 21.9. The van der Waals surface area contributed by atoms with E-state index in [-0.39, 0.29) is 24.7 Å². The van der Waals surface area contributed by atoms with Crippen LogP contribution in [-0.2, 0) is 17.1 Å². The second kappa shape index (κ2) is 11.6. The minimum Gasteiger partial charge on any atom is -0.395 e. The lowest BCUT2D eigenvalue weighted by Crippen LogP contribution is -2.32. The third-order valence-electron chi connectivity index (χ3n) is 6.54. The van der Waals surface area contributed by atoms with Gasteiger partial charge < -0.3 is 14.9 Å². The fraction of sp³-hybridized carbons (Fsp3) is 0.357. The molecule has 2 aromatic carbocycles. The van der Waals surface area contributed by atoms with E-state index in [4.69, 9.17) is 0 Å². The molecule has 1 aromatic heterocycles. The van der Waals surface area contributed by atoms with Gasteiger partial charge in [0.2, 0.25) is 5.91 Å². The van der Waals surface area contributed by atoms with Crippen LogP contribution >= 0.6 is 0 Å². The lowest BCUT2D eigenvalue weighted by Gasteiger charge is -2.27. The standard InChI is InChI=1S/C28H29F6N3O2/c1-5-21(18-12-19(27(29,30)31)14-20(13-18)28(32,33)34)26(39)37(4)24-16-35-25(36(3)10-11-38)15-23(24)22-9-7-6-8-17(22)2/h6-9,12-16,21,38H,5,10-11H2,1-4H3. The molecule has 3 aromatic rings. The number of carbonyl (C=O) groups is 1. The molecule has 0 saturated carbocycles. The Morgan fingerprint density at radius 1 is 0.949 bits per heavy atom. The molecular formula is C28H29F6N3O2. The van der Waals surface area contributed by atoms with Crippen LogP contribution in [0, 0.1) is 6.92 Å². The highest BCUT2D eigenvalue weighted by molar-refractivity contribution is 6.01. The van der Waals surface area contributed by atoms with Crippen LogP contribution in [0.5, 0.6) is 0 Å². The molecule has 210 valence electrons. The molecule has 3 rings (SSSR count).